The highest BCUT2D eigenvalue weighted by Crippen LogP contribution is 2.37. The number of hydrogen-bond donors (Lipinski definition) is 0. The minimum absolute atomic E-state index is 0.121. The molecule has 32 heavy (non-hydrogen) atoms. The van der Waals surface area contributed by atoms with E-state index in [2.05, 4.69) is 31.4 Å². The van der Waals surface area contributed by atoms with Crippen LogP contribution in [-0.2, 0) is 0 Å². The summed E-state index contributed by atoms with van der Waals surface area (Å²) in [5, 5.41) is 13.0. The summed E-state index contributed by atoms with van der Waals surface area (Å²) in [5.74, 6) is 1.52. The lowest BCUT2D eigenvalue weighted by molar-refractivity contribution is 0.194. The molecule has 1 aliphatic heterocycles. The maximum atomic E-state index is 14.3. The van der Waals surface area contributed by atoms with E-state index in [9.17, 15) is 4.39 Å². The molecule has 0 amide bonds. The number of methoxy groups -OCH3 is 1. The Kier molecular flexibility index (Phi) is 6.03. The summed E-state index contributed by atoms with van der Waals surface area (Å²) in [5.41, 5.74) is 1.72. The number of aromatic nitrogens is 4. The largest absolute Gasteiger partial charge is 0.496 e. The normalized spacial score (nSPS) is 18.8. The highest BCUT2D eigenvalue weighted by atomic mass is 19.1. The highest BCUT2D eigenvalue weighted by Gasteiger charge is 2.34. The first-order chi connectivity index (χ1) is 15.8. The van der Waals surface area contributed by atoms with E-state index >= 15 is 0 Å². The number of hydrogen-bond acceptors (Lipinski definition) is 6. The second-order valence-electron chi connectivity index (χ2n) is 8.54. The van der Waals surface area contributed by atoms with Gasteiger partial charge in [0.25, 0.3) is 0 Å². The average Bonchev–Trinajstić information content (AvgIpc) is 3.53. The molecule has 0 bridgehead atoms. The molecule has 2 heterocycles. The fraction of sp³-hybridized carbons (Fsp3) is 0.458. The third-order valence-electron chi connectivity index (χ3n) is 6.74. The van der Waals surface area contributed by atoms with Gasteiger partial charge < -0.3 is 9.64 Å². The number of benzene rings is 2. The van der Waals surface area contributed by atoms with Crippen LogP contribution in [0.1, 0.15) is 49.2 Å². The van der Waals surface area contributed by atoms with Gasteiger partial charge in [0.15, 0.2) is 5.82 Å². The smallest absolute Gasteiger partial charge is 0.173 e. The standard InChI is InChI=1S/C24H29FN6O/c1-32-22-13-7-4-10-19(22)23(24-26-27-28-31(24)18-8-2-3-9-18)30-16-14-29(15-17-30)21-12-6-5-11-20(21)25/h4-7,10-13,18,23H,2-3,8-9,14-17H2,1H3. The van der Waals surface area contributed by atoms with Crippen LogP contribution in [0.3, 0.4) is 0 Å². The van der Waals surface area contributed by atoms with E-state index < -0.39 is 0 Å². The monoisotopic (exact) mass is 436 g/mol. The molecule has 1 aromatic heterocycles. The van der Waals surface area contributed by atoms with Gasteiger partial charge >= 0.3 is 0 Å². The SMILES string of the molecule is COc1ccccc1C(c1nnnn1C1CCCC1)N1CCN(c2ccccc2F)CC1. The number of halogens is 1. The second kappa shape index (κ2) is 9.24. The number of para-hydroxylation sites is 2. The average molecular weight is 437 g/mol. The fourth-order valence-electron chi connectivity index (χ4n) is 5.11. The van der Waals surface area contributed by atoms with Crippen LogP contribution < -0.4 is 9.64 Å². The molecule has 1 unspecified atom stereocenters. The van der Waals surface area contributed by atoms with Crippen LogP contribution in [0.2, 0.25) is 0 Å². The Hall–Kier alpha value is -3.00. The number of nitrogens with zero attached hydrogens (tertiary/aromatic N) is 6. The molecule has 0 spiro atoms. The summed E-state index contributed by atoms with van der Waals surface area (Å²) < 4.78 is 22.1. The van der Waals surface area contributed by atoms with Crippen LogP contribution in [0.5, 0.6) is 5.75 Å². The Morgan fingerprint density at radius 3 is 2.44 bits per heavy atom. The molecule has 2 aliphatic rings. The molecule has 168 valence electrons. The zero-order chi connectivity index (χ0) is 21.9. The van der Waals surface area contributed by atoms with Crippen LogP contribution in [0, 0.1) is 5.82 Å². The molecule has 5 rings (SSSR count). The first-order valence-electron chi connectivity index (χ1n) is 11.4. The van der Waals surface area contributed by atoms with Gasteiger partial charge in [0.05, 0.1) is 18.8 Å². The minimum Gasteiger partial charge on any atom is -0.496 e. The summed E-state index contributed by atoms with van der Waals surface area (Å²) >= 11 is 0. The van der Waals surface area contributed by atoms with Crippen LogP contribution in [0.4, 0.5) is 10.1 Å². The van der Waals surface area contributed by atoms with Crippen LogP contribution >= 0.6 is 0 Å². The van der Waals surface area contributed by atoms with E-state index in [1.807, 2.05) is 35.0 Å². The van der Waals surface area contributed by atoms with E-state index in [-0.39, 0.29) is 11.9 Å². The van der Waals surface area contributed by atoms with Crippen LogP contribution in [0.25, 0.3) is 0 Å². The topological polar surface area (TPSA) is 59.3 Å². The molecule has 3 aromatic rings. The van der Waals surface area contributed by atoms with E-state index in [1.165, 1.54) is 18.9 Å². The lowest BCUT2D eigenvalue weighted by atomic mass is 10.0. The van der Waals surface area contributed by atoms with Crippen molar-refractivity contribution in [3.05, 3.63) is 65.7 Å². The summed E-state index contributed by atoms with van der Waals surface area (Å²) in [6.45, 7) is 3.01. The molecule has 0 radical (unpaired) electrons. The minimum atomic E-state index is -0.174. The Morgan fingerprint density at radius 1 is 0.969 bits per heavy atom. The van der Waals surface area contributed by atoms with E-state index in [0.29, 0.717) is 11.7 Å². The molecule has 8 heteroatoms. The second-order valence-corrected chi connectivity index (χ2v) is 8.54. The van der Waals surface area contributed by atoms with Crippen molar-refractivity contribution in [2.75, 3.05) is 38.2 Å². The van der Waals surface area contributed by atoms with Crippen molar-refractivity contribution >= 4 is 5.69 Å². The van der Waals surface area contributed by atoms with Gasteiger partial charge in [-0.2, -0.15) is 0 Å². The summed E-state index contributed by atoms with van der Waals surface area (Å²) in [6, 6.07) is 15.3. The van der Waals surface area contributed by atoms with E-state index in [1.54, 1.807) is 13.2 Å². The van der Waals surface area contributed by atoms with Crippen molar-refractivity contribution in [3.63, 3.8) is 0 Å². The Balaban J connectivity index is 1.47. The van der Waals surface area contributed by atoms with Gasteiger partial charge in [-0.3, -0.25) is 4.90 Å². The molecule has 1 atom stereocenters. The number of piperazine rings is 1. The third kappa shape index (κ3) is 3.95. The lowest BCUT2D eigenvalue weighted by Crippen LogP contribution is -2.48. The van der Waals surface area contributed by atoms with Gasteiger partial charge in [-0.05, 0) is 41.5 Å². The highest BCUT2D eigenvalue weighted by molar-refractivity contribution is 5.48. The van der Waals surface area contributed by atoms with Gasteiger partial charge in [0.1, 0.15) is 17.6 Å². The maximum absolute atomic E-state index is 14.3. The van der Waals surface area contributed by atoms with Gasteiger partial charge in [-0.1, -0.05) is 43.2 Å². The fourth-order valence-corrected chi connectivity index (χ4v) is 5.11. The van der Waals surface area contributed by atoms with Gasteiger partial charge in [0.2, 0.25) is 0 Å². The molecule has 1 saturated heterocycles. The van der Waals surface area contributed by atoms with Gasteiger partial charge in [-0.25, -0.2) is 9.07 Å². The van der Waals surface area contributed by atoms with Gasteiger partial charge in [0, 0.05) is 31.7 Å². The third-order valence-corrected chi connectivity index (χ3v) is 6.74. The summed E-state index contributed by atoms with van der Waals surface area (Å²) in [7, 11) is 1.70. The first-order valence-corrected chi connectivity index (χ1v) is 11.4. The van der Waals surface area contributed by atoms with Crippen molar-refractivity contribution in [1.82, 2.24) is 25.1 Å². The van der Waals surface area contributed by atoms with Crippen molar-refractivity contribution in [3.8, 4) is 5.75 Å². The quantitative estimate of drug-likeness (QED) is 0.585. The first kappa shape index (κ1) is 20.9. The van der Waals surface area contributed by atoms with Crippen molar-refractivity contribution in [1.29, 1.82) is 0 Å². The zero-order valence-electron chi connectivity index (χ0n) is 18.4. The van der Waals surface area contributed by atoms with Gasteiger partial charge in [-0.15, -0.1) is 5.10 Å². The van der Waals surface area contributed by atoms with Crippen molar-refractivity contribution in [2.45, 2.75) is 37.8 Å². The Bertz CT molecular complexity index is 1040. The molecular formula is C24H29FN6O. The molecule has 2 aromatic carbocycles. The summed E-state index contributed by atoms with van der Waals surface area (Å²) in [6.07, 6.45) is 4.64. The molecule has 1 saturated carbocycles. The Labute approximate surface area is 187 Å². The molecule has 7 nitrogen and oxygen atoms in total. The van der Waals surface area contributed by atoms with Crippen LogP contribution in [-0.4, -0.2) is 58.4 Å². The molecule has 1 aliphatic carbocycles. The number of rotatable bonds is 6. The zero-order valence-corrected chi connectivity index (χ0v) is 18.4. The molecule has 0 N–H and O–H groups in total. The van der Waals surface area contributed by atoms with Crippen LogP contribution in [0.15, 0.2) is 48.5 Å². The molecular weight excluding hydrogens is 407 g/mol. The van der Waals surface area contributed by atoms with Crippen molar-refractivity contribution in [2.24, 2.45) is 0 Å². The summed E-state index contributed by atoms with van der Waals surface area (Å²) in [4.78, 5) is 4.51. The predicted molar refractivity (Wildman–Crippen MR) is 120 cm³/mol. The number of anilines is 1. The van der Waals surface area contributed by atoms with E-state index in [0.717, 1.165) is 56.2 Å². The number of tetrazole rings is 1. The Morgan fingerprint density at radius 2 is 1.69 bits per heavy atom. The molecule has 2 fully saturated rings. The predicted octanol–water partition coefficient (Wildman–Crippen LogP) is 3.85. The number of ether oxygens (including phenoxy) is 1. The van der Waals surface area contributed by atoms with E-state index in [4.69, 9.17) is 4.74 Å². The maximum Gasteiger partial charge on any atom is 0.173 e. The van der Waals surface area contributed by atoms with Crippen molar-refractivity contribution < 1.29 is 9.13 Å². The lowest BCUT2D eigenvalue weighted by Gasteiger charge is -2.40.